The number of hydrogen-bond donors (Lipinski definition) is 1. The molecular formula is C12H8Cl3N3S2. The first-order chi connectivity index (χ1) is 9.56. The molecule has 3 nitrogen and oxygen atoms in total. The van der Waals surface area contributed by atoms with Crippen molar-refractivity contribution in [1.29, 1.82) is 0 Å². The average molecular weight is 365 g/mol. The van der Waals surface area contributed by atoms with Gasteiger partial charge in [0.15, 0.2) is 0 Å². The molecule has 0 saturated heterocycles. The van der Waals surface area contributed by atoms with Gasteiger partial charge in [-0.05, 0) is 30.0 Å². The molecule has 20 heavy (non-hydrogen) atoms. The predicted molar refractivity (Wildman–Crippen MR) is 89.4 cm³/mol. The van der Waals surface area contributed by atoms with Crippen LogP contribution in [0.15, 0.2) is 26.2 Å². The summed E-state index contributed by atoms with van der Waals surface area (Å²) in [6, 6.07) is 3.68. The van der Waals surface area contributed by atoms with Gasteiger partial charge in [0.2, 0.25) is 0 Å². The van der Waals surface area contributed by atoms with Gasteiger partial charge in [0.1, 0.15) is 11.4 Å². The van der Waals surface area contributed by atoms with E-state index in [2.05, 4.69) is 14.0 Å². The van der Waals surface area contributed by atoms with Gasteiger partial charge in [-0.3, -0.25) is 0 Å². The molecule has 0 bridgehead atoms. The Bertz CT molecular complexity index is 751. The van der Waals surface area contributed by atoms with Gasteiger partial charge in [0.05, 0.1) is 31.4 Å². The molecule has 1 aromatic heterocycles. The van der Waals surface area contributed by atoms with E-state index in [1.807, 2.05) is 18.4 Å². The fourth-order valence-corrected chi connectivity index (χ4v) is 4.01. The average Bonchev–Trinajstić information content (AvgIpc) is 3.02. The van der Waals surface area contributed by atoms with E-state index >= 15 is 0 Å². The highest BCUT2D eigenvalue weighted by atomic mass is 35.5. The normalized spacial score (nSPS) is 14.0. The Kier molecular flexibility index (Phi) is 4.06. The Balaban J connectivity index is 1.96. The molecule has 2 heterocycles. The molecule has 3 rings (SSSR count). The van der Waals surface area contributed by atoms with Crippen LogP contribution in [-0.2, 0) is 11.4 Å². The van der Waals surface area contributed by atoms with Crippen molar-refractivity contribution in [3.05, 3.63) is 37.5 Å². The van der Waals surface area contributed by atoms with E-state index in [1.165, 1.54) is 11.3 Å². The minimum atomic E-state index is 0.0577. The number of thiophene rings is 1. The van der Waals surface area contributed by atoms with Crippen LogP contribution < -0.4 is 5.32 Å². The third kappa shape index (κ3) is 2.61. The van der Waals surface area contributed by atoms with E-state index in [-0.39, 0.29) is 6.04 Å². The zero-order valence-corrected chi connectivity index (χ0v) is 14.1. The van der Waals surface area contributed by atoms with Crippen molar-refractivity contribution in [3.8, 4) is 0 Å². The number of anilines is 1. The summed E-state index contributed by atoms with van der Waals surface area (Å²) in [6.07, 6.45) is 0. The summed E-state index contributed by atoms with van der Waals surface area (Å²) in [6.45, 7) is 2.04. The minimum Gasteiger partial charge on any atom is -0.375 e. The van der Waals surface area contributed by atoms with Gasteiger partial charge >= 0.3 is 0 Å². The Labute approximate surface area is 138 Å². The molecule has 1 aromatic carbocycles. The van der Waals surface area contributed by atoms with Crippen LogP contribution in [0.2, 0.25) is 14.4 Å². The summed E-state index contributed by atoms with van der Waals surface area (Å²) in [7, 11) is 0. The summed E-state index contributed by atoms with van der Waals surface area (Å²) in [4.78, 5) is 0. The molecule has 0 aliphatic carbocycles. The lowest BCUT2D eigenvalue weighted by atomic mass is 10.1. The fourth-order valence-electron chi connectivity index (χ4n) is 1.86. The molecule has 0 amide bonds. The van der Waals surface area contributed by atoms with Crippen molar-refractivity contribution in [2.75, 3.05) is 5.32 Å². The fraction of sp³-hybridized carbons (Fsp3) is 0.167. The lowest BCUT2D eigenvalue weighted by Crippen LogP contribution is -2.06. The van der Waals surface area contributed by atoms with Crippen molar-refractivity contribution in [2.45, 2.75) is 13.0 Å². The summed E-state index contributed by atoms with van der Waals surface area (Å²) >= 11 is 21.0. The second kappa shape index (κ2) is 5.66. The van der Waals surface area contributed by atoms with E-state index in [9.17, 15) is 0 Å². The number of benzene rings is 1. The number of nitrogens with zero attached hydrogens (tertiary/aromatic N) is 2. The Morgan fingerprint density at radius 1 is 1.10 bits per heavy atom. The van der Waals surface area contributed by atoms with Gasteiger partial charge < -0.3 is 5.32 Å². The van der Waals surface area contributed by atoms with Gasteiger partial charge in [0, 0.05) is 6.04 Å². The molecule has 0 saturated carbocycles. The van der Waals surface area contributed by atoms with Gasteiger partial charge in [-0.2, -0.15) is 8.73 Å². The minimum absolute atomic E-state index is 0.0577. The standard InChI is InChI=1S/C12H8Cl3N3S2/c1-5(6-2-9(15)19-4-6)16-10-7(13)3-8(14)11-12(10)18-20-17-11/h2-5,16H,1H3. The summed E-state index contributed by atoms with van der Waals surface area (Å²) in [5.41, 5.74) is 3.21. The van der Waals surface area contributed by atoms with E-state index in [0.29, 0.717) is 21.4 Å². The van der Waals surface area contributed by atoms with Gasteiger partial charge in [-0.1, -0.05) is 34.8 Å². The van der Waals surface area contributed by atoms with Gasteiger partial charge in [-0.15, -0.1) is 11.3 Å². The monoisotopic (exact) mass is 363 g/mol. The number of nitrogens with one attached hydrogen (secondary N) is 1. The maximum atomic E-state index is 6.27. The van der Waals surface area contributed by atoms with Crippen molar-refractivity contribution in [1.82, 2.24) is 0 Å². The molecule has 1 atom stereocenters. The molecule has 0 radical (unpaired) electrons. The third-order valence-corrected chi connectivity index (χ3v) is 5.12. The number of rotatable bonds is 3. The maximum absolute atomic E-state index is 6.27. The van der Waals surface area contributed by atoms with Gasteiger partial charge in [-0.25, -0.2) is 0 Å². The molecule has 104 valence electrons. The van der Waals surface area contributed by atoms with Gasteiger partial charge in [0.25, 0.3) is 0 Å². The highest BCUT2D eigenvalue weighted by Gasteiger charge is 2.20. The second-order valence-electron chi connectivity index (χ2n) is 4.23. The molecule has 1 N–H and O–H groups in total. The number of hydrogen-bond acceptors (Lipinski definition) is 4. The largest absolute Gasteiger partial charge is 0.375 e. The first-order valence-electron chi connectivity index (χ1n) is 5.67. The lowest BCUT2D eigenvalue weighted by Gasteiger charge is -2.17. The topological polar surface area (TPSA) is 36.8 Å². The molecule has 0 spiro atoms. The smallest absolute Gasteiger partial charge is 0.130 e. The van der Waals surface area contributed by atoms with E-state index in [4.69, 9.17) is 34.8 Å². The van der Waals surface area contributed by atoms with E-state index < -0.39 is 0 Å². The molecule has 0 fully saturated rings. The van der Waals surface area contributed by atoms with Crippen molar-refractivity contribution >= 4 is 74.6 Å². The first kappa shape index (κ1) is 14.4. The molecule has 1 unspecified atom stereocenters. The lowest BCUT2D eigenvalue weighted by molar-refractivity contribution is 0.891. The Morgan fingerprint density at radius 3 is 2.55 bits per heavy atom. The van der Waals surface area contributed by atoms with Crippen LogP contribution in [0.4, 0.5) is 17.1 Å². The van der Waals surface area contributed by atoms with Crippen LogP contribution in [0.25, 0.3) is 0 Å². The number of halogens is 3. The SMILES string of the molecule is CC(Nc1c(Cl)cc(Cl)c2c1N=S=N2)c1csc(Cl)c1. The third-order valence-electron chi connectivity index (χ3n) is 2.89. The molecular weight excluding hydrogens is 357 g/mol. The Morgan fingerprint density at radius 2 is 1.85 bits per heavy atom. The van der Waals surface area contributed by atoms with Crippen molar-refractivity contribution in [2.24, 2.45) is 8.73 Å². The van der Waals surface area contributed by atoms with Crippen LogP contribution in [0.5, 0.6) is 0 Å². The zero-order valence-electron chi connectivity index (χ0n) is 10.2. The van der Waals surface area contributed by atoms with Crippen LogP contribution in [0.1, 0.15) is 18.5 Å². The predicted octanol–water partition coefficient (Wildman–Crippen LogP) is 6.61. The Hall–Kier alpha value is -0.590. The van der Waals surface area contributed by atoms with E-state index in [0.717, 1.165) is 26.9 Å². The van der Waals surface area contributed by atoms with Crippen LogP contribution in [0, 0.1) is 0 Å². The molecule has 2 aromatic rings. The number of fused-ring (bicyclic) bond motifs is 1. The van der Waals surface area contributed by atoms with Crippen molar-refractivity contribution < 1.29 is 0 Å². The summed E-state index contributed by atoms with van der Waals surface area (Å²) < 4.78 is 9.21. The molecule has 1 aliphatic rings. The van der Waals surface area contributed by atoms with Crippen LogP contribution >= 0.6 is 46.1 Å². The quantitative estimate of drug-likeness (QED) is 0.558. The molecule has 8 heteroatoms. The highest BCUT2D eigenvalue weighted by Crippen LogP contribution is 2.48. The van der Waals surface area contributed by atoms with Crippen LogP contribution in [0.3, 0.4) is 0 Å². The van der Waals surface area contributed by atoms with E-state index in [1.54, 1.807) is 6.07 Å². The summed E-state index contributed by atoms with van der Waals surface area (Å²) in [5, 5.41) is 6.41. The second-order valence-corrected chi connectivity index (χ2v) is 7.11. The van der Waals surface area contributed by atoms with Crippen LogP contribution in [-0.4, -0.2) is 0 Å². The summed E-state index contributed by atoms with van der Waals surface area (Å²) in [5.74, 6) is 0. The zero-order chi connectivity index (χ0) is 14.3. The first-order valence-corrected chi connectivity index (χ1v) is 8.41. The van der Waals surface area contributed by atoms with Crippen molar-refractivity contribution in [3.63, 3.8) is 0 Å². The molecule has 1 aliphatic heterocycles. The maximum Gasteiger partial charge on any atom is 0.130 e. The highest BCUT2D eigenvalue weighted by molar-refractivity contribution is 7.58.